The molecule has 2 aromatic carbocycles. The van der Waals surface area contributed by atoms with Crippen molar-refractivity contribution in [2.75, 3.05) is 25.4 Å². The Bertz CT molecular complexity index is 1150. The molecule has 35 heavy (non-hydrogen) atoms. The van der Waals surface area contributed by atoms with E-state index in [-0.39, 0.29) is 17.6 Å². The number of hydrogen-bond acceptors (Lipinski definition) is 6. The highest BCUT2D eigenvalue weighted by Gasteiger charge is 2.26. The number of nitrogens with one attached hydrogen (secondary N) is 1. The van der Waals surface area contributed by atoms with E-state index in [2.05, 4.69) is 20.4 Å². The Morgan fingerprint density at radius 3 is 2.71 bits per heavy atom. The Morgan fingerprint density at radius 2 is 1.97 bits per heavy atom. The van der Waals surface area contributed by atoms with Gasteiger partial charge in [0.25, 0.3) is 0 Å². The van der Waals surface area contributed by atoms with Crippen LogP contribution in [0.3, 0.4) is 0 Å². The second kappa shape index (κ2) is 12.4. The van der Waals surface area contributed by atoms with E-state index in [0.29, 0.717) is 62.5 Å². The van der Waals surface area contributed by atoms with E-state index in [1.54, 1.807) is 42.1 Å². The normalized spacial score (nSPS) is 14.9. The number of hydrogen-bond donors (Lipinski definition) is 1. The first-order valence-corrected chi connectivity index (χ1v) is 13.5. The van der Waals surface area contributed by atoms with Crippen LogP contribution in [0.4, 0.5) is 4.39 Å². The third-order valence-corrected chi connectivity index (χ3v) is 7.70. The van der Waals surface area contributed by atoms with Crippen molar-refractivity contribution in [2.24, 2.45) is 5.92 Å². The first-order chi connectivity index (χ1) is 16.9. The Labute approximate surface area is 222 Å². The van der Waals surface area contributed by atoms with Gasteiger partial charge in [0.05, 0.1) is 11.6 Å². The van der Waals surface area contributed by atoms with Crippen molar-refractivity contribution >= 4 is 52.5 Å². The van der Waals surface area contributed by atoms with E-state index in [9.17, 15) is 9.18 Å². The number of carbonyl (C=O) groups is 1. The Morgan fingerprint density at radius 1 is 1.17 bits per heavy atom. The molecule has 1 aromatic heterocycles. The van der Waals surface area contributed by atoms with Crippen molar-refractivity contribution in [3.8, 4) is 11.4 Å². The molecule has 1 saturated heterocycles. The number of piperidine rings is 1. The minimum atomic E-state index is -0.300. The van der Waals surface area contributed by atoms with Gasteiger partial charge in [-0.25, -0.2) is 4.39 Å². The van der Waals surface area contributed by atoms with Crippen LogP contribution in [-0.4, -0.2) is 46.3 Å². The molecule has 1 aliphatic rings. The van der Waals surface area contributed by atoms with E-state index in [4.69, 9.17) is 39.3 Å². The zero-order chi connectivity index (χ0) is 24.8. The highest BCUT2D eigenvalue weighted by atomic mass is 35.5. The number of carbonyl (C=O) groups excluding carboxylic acids is 1. The molecule has 0 bridgehead atoms. The molecule has 1 N–H and O–H groups in total. The molecule has 0 spiro atoms. The highest BCUT2D eigenvalue weighted by molar-refractivity contribution is 7.98. The van der Waals surface area contributed by atoms with Gasteiger partial charge in [-0.05, 0) is 56.3 Å². The first kappa shape index (κ1) is 26.2. The summed E-state index contributed by atoms with van der Waals surface area (Å²) in [7, 11) is 0. The minimum Gasteiger partial charge on any atom is -0.355 e. The fourth-order valence-electron chi connectivity index (χ4n) is 3.88. The van der Waals surface area contributed by atoms with Crippen LogP contribution in [0.25, 0.3) is 11.4 Å². The smallest absolute Gasteiger partial charge is 0.241 e. The monoisotopic (exact) mass is 556 g/mol. The quantitative estimate of drug-likeness (QED) is 0.321. The standard InChI is InChI=1S/C24H24Cl3FN4O2S/c25-16-4-5-17(20(27)12-16)23-30-22(34-31-23)13-32-9-6-15(7-10-32)24(33)29-8-11-35-14-18-19(26)2-1-3-21(18)28/h1-5,12,15H,6-11,13-14H2,(H,29,33). The molecule has 1 fully saturated rings. The molecule has 4 rings (SSSR count). The van der Waals surface area contributed by atoms with E-state index >= 15 is 0 Å². The zero-order valence-corrected chi connectivity index (χ0v) is 21.9. The van der Waals surface area contributed by atoms with E-state index < -0.39 is 0 Å². The van der Waals surface area contributed by atoms with E-state index in [1.807, 2.05) is 0 Å². The topological polar surface area (TPSA) is 71.3 Å². The number of benzene rings is 2. The second-order valence-electron chi connectivity index (χ2n) is 8.23. The van der Waals surface area contributed by atoms with Crippen LogP contribution in [0, 0.1) is 11.7 Å². The van der Waals surface area contributed by atoms with Crippen LogP contribution in [0.15, 0.2) is 40.9 Å². The molecule has 11 heteroatoms. The van der Waals surface area contributed by atoms with E-state index in [0.717, 1.165) is 25.9 Å². The lowest BCUT2D eigenvalue weighted by atomic mass is 9.96. The summed E-state index contributed by atoms with van der Waals surface area (Å²) >= 11 is 19.8. The van der Waals surface area contributed by atoms with Crippen molar-refractivity contribution in [1.29, 1.82) is 0 Å². The molecular weight excluding hydrogens is 534 g/mol. The third kappa shape index (κ3) is 7.11. The summed E-state index contributed by atoms with van der Waals surface area (Å²) in [5.74, 6) is 1.82. The van der Waals surface area contributed by atoms with Crippen LogP contribution < -0.4 is 5.32 Å². The van der Waals surface area contributed by atoms with Crippen LogP contribution in [0.5, 0.6) is 0 Å². The van der Waals surface area contributed by atoms with Gasteiger partial charge >= 0.3 is 0 Å². The molecule has 0 unspecified atom stereocenters. The number of halogens is 4. The lowest BCUT2D eigenvalue weighted by Crippen LogP contribution is -2.40. The lowest BCUT2D eigenvalue weighted by molar-refractivity contribution is -0.126. The highest BCUT2D eigenvalue weighted by Crippen LogP contribution is 2.29. The van der Waals surface area contributed by atoms with Gasteiger partial charge in [-0.1, -0.05) is 46.0 Å². The van der Waals surface area contributed by atoms with Gasteiger partial charge in [-0.2, -0.15) is 16.7 Å². The van der Waals surface area contributed by atoms with Crippen LogP contribution in [0.1, 0.15) is 24.3 Å². The summed E-state index contributed by atoms with van der Waals surface area (Å²) < 4.78 is 19.2. The molecule has 1 amide bonds. The van der Waals surface area contributed by atoms with Crippen molar-refractivity contribution in [1.82, 2.24) is 20.4 Å². The van der Waals surface area contributed by atoms with Crippen molar-refractivity contribution in [3.63, 3.8) is 0 Å². The maximum Gasteiger partial charge on any atom is 0.241 e. The van der Waals surface area contributed by atoms with Gasteiger partial charge in [-0.15, -0.1) is 0 Å². The Balaban J connectivity index is 1.16. The summed E-state index contributed by atoms with van der Waals surface area (Å²) in [6.07, 6.45) is 1.52. The SMILES string of the molecule is O=C(NCCSCc1c(F)cccc1Cl)C1CCN(Cc2nc(-c3ccc(Cl)cc3Cl)no2)CC1. The lowest BCUT2D eigenvalue weighted by Gasteiger charge is -2.30. The zero-order valence-electron chi connectivity index (χ0n) is 18.8. The molecule has 0 atom stereocenters. The Hall–Kier alpha value is -1.84. The van der Waals surface area contributed by atoms with Crippen LogP contribution >= 0.6 is 46.6 Å². The summed E-state index contributed by atoms with van der Waals surface area (Å²) in [5.41, 5.74) is 1.17. The number of nitrogens with zero attached hydrogens (tertiary/aromatic N) is 3. The maximum atomic E-state index is 13.8. The maximum absolute atomic E-state index is 13.8. The fraction of sp³-hybridized carbons (Fsp3) is 0.375. The number of amides is 1. The van der Waals surface area contributed by atoms with Gasteiger partial charge in [0.1, 0.15) is 5.82 Å². The third-order valence-electron chi connectivity index (χ3n) is 5.81. The van der Waals surface area contributed by atoms with E-state index in [1.165, 1.54) is 6.07 Å². The molecule has 1 aliphatic heterocycles. The van der Waals surface area contributed by atoms with Crippen LogP contribution in [-0.2, 0) is 17.1 Å². The minimum absolute atomic E-state index is 0.0246. The summed E-state index contributed by atoms with van der Waals surface area (Å²) in [6.45, 7) is 2.58. The summed E-state index contributed by atoms with van der Waals surface area (Å²) in [6, 6.07) is 9.81. The van der Waals surface area contributed by atoms with Crippen molar-refractivity contribution in [2.45, 2.75) is 25.1 Å². The second-order valence-corrected chi connectivity index (χ2v) is 10.6. The number of rotatable bonds is 9. The van der Waals surface area contributed by atoms with Gasteiger partial charge in [0.2, 0.25) is 17.6 Å². The molecule has 0 aliphatic carbocycles. The molecule has 0 radical (unpaired) electrons. The average Bonchev–Trinajstić information content (AvgIpc) is 3.29. The largest absolute Gasteiger partial charge is 0.355 e. The first-order valence-electron chi connectivity index (χ1n) is 11.2. The van der Waals surface area contributed by atoms with Crippen molar-refractivity contribution < 1.29 is 13.7 Å². The number of thioether (sulfide) groups is 1. The van der Waals surface area contributed by atoms with Crippen molar-refractivity contribution in [3.05, 3.63) is 68.7 Å². The van der Waals surface area contributed by atoms with Crippen LogP contribution in [0.2, 0.25) is 15.1 Å². The Kier molecular flexibility index (Phi) is 9.30. The van der Waals surface area contributed by atoms with Gasteiger partial charge in [-0.3, -0.25) is 9.69 Å². The predicted molar refractivity (Wildman–Crippen MR) is 138 cm³/mol. The summed E-state index contributed by atoms with van der Waals surface area (Å²) in [5, 5.41) is 8.46. The fourth-order valence-corrected chi connectivity index (χ4v) is 5.57. The molecule has 186 valence electrons. The van der Waals surface area contributed by atoms with Gasteiger partial charge in [0, 0.05) is 45.1 Å². The molecule has 2 heterocycles. The van der Waals surface area contributed by atoms with Gasteiger partial charge in [0.15, 0.2) is 0 Å². The molecule has 3 aromatic rings. The van der Waals surface area contributed by atoms with Gasteiger partial charge < -0.3 is 9.84 Å². The summed E-state index contributed by atoms with van der Waals surface area (Å²) in [4.78, 5) is 19.2. The predicted octanol–water partition coefficient (Wildman–Crippen LogP) is 6.10. The average molecular weight is 558 g/mol. The molecule has 0 saturated carbocycles. The molecular formula is C24H24Cl3FN4O2S. The number of aromatic nitrogens is 2. The number of likely N-dealkylation sites (tertiary alicyclic amines) is 1. The molecule has 6 nitrogen and oxygen atoms in total.